The molecule has 0 saturated heterocycles. The van der Waals surface area contributed by atoms with Crippen LogP contribution in [0.15, 0.2) is 42.6 Å². The highest BCUT2D eigenvalue weighted by atomic mass is 15.1. The summed E-state index contributed by atoms with van der Waals surface area (Å²) in [5.74, 6) is 0. The predicted molar refractivity (Wildman–Crippen MR) is 57.4 cm³/mol. The van der Waals surface area contributed by atoms with Gasteiger partial charge in [-0.1, -0.05) is 36.4 Å². The van der Waals surface area contributed by atoms with Crippen molar-refractivity contribution in [1.29, 1.82) is 0 Å². The third-order valence-electron chi connectivity index (χ3n) is 2.28. The van der Waals surface area contributed by atoms with Gasteiger partial charge in [-0.05, 0) is 25.6 Å². The maximum absolute atomic E-state index is 2.20. The molecule has 0 aromatic heterocycles. The summed E-state index contributed by atoms with van der Waals surface area (Å²) >= 11 is 0. The molecule has 1 atom stereocenters. The van der Waals surface area contributed by atoms with Crippen molar-refractivity contribution in [3.05, 3.63) is 48.2 Å². The summed E-state index contributed by atoms with van der Waals surface area (Å²) in [5.41, 5.74) is 1.35. The Balaban J connectivity index is 2.73. The molecule has 1 heteroatoms. The molecule has 0 bridgehead atoms. The minimum absolute atomic E-state index is 0.442. The average Bonchev–Trinajstić information content (AvgIpc) is 2.18. The van der Waals surface area contributed by atoms with Crippen LogP contribution in [0, 0.1) is 0 Å². The zero-order chi connectivity index (χ0) is 9.68. The number of rotatable bonds is 3. The second-order valence-electron chi connectivity index (χ2n) is 3.23. The summed E-state index contributed by atoms with van der Waals surface area (Å²) in [6, 6.07) is 11.0. The lowest BCUT2D eigenvalue weighted by molar-refractivity contribution is 0.361. The maximum Gasteiger partial charge on any atom is 0.0505 e. The van der Waals surface area contributed by atoms with Crippen molar-refractivity contribution in [2.45, 2.75) is 19.9 Å². The van der Waals surface area contributed by atoms with E-state index in [1.54, 1.807) is 0 Å². The molecule has 0 aliphatic carbocycles. The summed E-state index contributed by atoms with van der Waals surface area (Å²) in [6.07, 6.45) is 4.15. The summed E-state index contributed by atoms with van der Waals surface area (Å²) in [5, 5.41) is 0. The summed E-state index contributed by atoms with van der Waals surface area (Å²) in [7, 11) is 2.09. The van der Waals surface area contributed by atoms with Crippen molar-refractivity contribution in [1.82, 2.24) is 4.90 Å². The zero-order valence-corrected chi connectivity index (χ0v) is 8.57. The lowest BCUT2D eigenvalue weighted by atomic mass is 10.1. The van der Waals surface area contributed by atoms with E-state index in [4.69, 9.17) is 0 Å². The van der Waals surface area contributed by atoms with Crippen LogP contribution >= 0.6 is 0 Å². The Kier molecular flexibility index (Phi) is 3.56. The Morgan fingerprint density at radius 3 is 2.38 bits per heavy atom. The van der Waals surface area contributed by atoms with Crippen molar-refractivity contribution >= 4 is 0 Å². The van der Waals surface area contributed by atoms with E-state index < -0.39 is 0 Å². The Morgan fingerprint density at radius 1 is 1.23 bits per heavy atom. The largest absolute Gasteiger partial charge is 0.374 e. The molecule has 1 aromatic rings. The van der Waals surface area contributed by atoms with E-state index in [0.29, 0.717) is 6.04 Å². The van der Waals surface area contributed by atoms with Crippen LogP contribution in [0.25, 0.3) is 0 Å². The minimum atomic E-state index is 0.442. The monoisotopic (exact) mass is 175 g/mol. The molecule has 70 valence electrons. The average molecular weight is 175 g/mol. The molecule has 0 aliphatic rings. The van der Waals surface area contributed by atoms with Crippen LogP contribution < -0.4 is 0 Å². The van der Waals surface area contributed by atoms with Gasteiger partial charge in [0.25, 0.3) is 0 Å². The molecule has 1 nitrogen and oxygen atoms in total. The predicted octanol–water partition coefficient (Wildman–Crippen LogP) is 3.21. The van der Waals surface area contributed by atoms with Gasteiger partial charge < -0.3 is 4.90 Å². The first kappa shape index (κ1) is 9.85. The van der Waals surface area contributed by atoms with Crippen LogP contribution in [0.4, 0.5) is 0 Å². The van der Waals surface area contributed by atoms with Crippen molar-refractivity contribution in [2.75, 3.05) is 7.05 Å². The molecule has 13 heavy (non-hydrogen) atoms. The molecule has 1 aromatic carbocycles. The molecule has 0 amide bonds. The lowest BCUT2D eigenvalue weighted by Gasteiger charge is -2.23. The van der Waals surface area contributed by atoms with Gasteiger partial charge in [0.2, 0.25) is 0 Å². The molecule has 0 unspecified atom stereocenters. The van der Waals surface area contributed by atoms with Gasteiger partial charge in [0.1, 0.15) is 0 Å². The number of benzene rings is 1. The first-order valence-corrected chi connectivity index (χ1v) is 4.65. The fourth-order valence-corrected chi connectivity index (χ4v) is 1.33. The summed E-state index contributed by atoms with van der Waals surface area (Å²) in [6.45, 7) is 4.24. The third-order valence-corrected chi connectivity index (χ3v) is 2.28. The van der Waals surface area contributed by atoms with Gasteiger partial charge in [0.05, 0.1) is 6.04 Å². The van der Waals surface area contributed by atoms with Gasteiger partial charge in [0, 0.05) is 7.05 Å². The topological polar surface area (TPSA) is 3.24 Å². The number of hydrogen-bond acceptors (Lipinski definition) is 1. The van der Waals surface area contributed by atoms with Crippen LogP contribution in [-0.2, 0) is 0 Å². The summed E-state index contributed by atoms with van der Waals surface area (Å²) < 4.78 is 0. The standard InChI is InChI=1S/C12H17N/c1-4-10-13(3)11(2)12-8-6-5-7-9-12/h4-11H,1-3H3/b10-4-/t11-/m1/s1. The second kappa shape index (κ2) is 4.70. The number of hydrogen-bond donors (Lipinski definition) is 0. The Morgan fingerprint density at radius 2 is 1.85 bits per heavy atom. The number of nitrogens with zero attached hydrogens (tertiary/aromatic N) is 1. The molecule has 0 fully saturated rings. The van der Waals surface area contributed by atoms with Crippen LogP contribution in [0.5, 0.6) is 0 Å². The Bertz CT molecular complexity index is 264. The smallest absolute Gasteiger partial charge is 0.0505 e. The molecule has 0 radical (unpaired) electrons. The van der Waals surface area contributed by atoms with Gasteiger partial charge in [-0.25, -0.2) is 0 Å². The molecular weight excluding hydrogens is 158 g/mol. The van der Waals surface area contributed by atoms with Crippen molar-refractivity contribution < 1.29 is 0 Å². The van der Waals surface area contributed by atoms with Crippen LogP contribution in [-0.4, -0.2) is 11.9 Å². The molecule has 0 aliphatic heterocycles. The van der Waals surface area contributed by atoms with Gasteiger partial charge in [0.15, 0.2) is 0 Å². The van der Waals surface area contributed by atoms with E-state index in [-0.39, 0.29) is 0 Å². The van der Waals surface area contributed by atoms with E-state index >= 15 is 0 Å². The van der Waals surface area contributed by atoms with E-state index in [1.807, 2.05) is 13.0 Å². The fraction of sp³-hybridized carbons (Fsp3) is 0.333. The first-order valence-electron chi connectivity index (χ1n) is 4.65. The number of allylic oxidation sites excluding steroid dienone is 1. The first-order chi connectivity index (χ1) is 6.25. The minimum Gasteiger partial charge on any atom is -0.374 e. The SMILES string of the molecule is C/C=C\N(C)[C@H](C)c1ccccc1. The van der Waals surface area contributed by atoms with Crippen molar-refractivity contribution in [2.24, 2.45) is 0 Å². The van der Waals surface area contributed by atoms with E-state index in [1.165, 1.54) is 5.56 Å². The highest BCUT2D eigenvalue weighted by molar-refractivity contribution is 5.18. The summed E-state index contributed by atoms with van der Waals surface area (Å²) in [4.78, 5) is 2.20. The van der Waals surface area contributed by atoms with E-state index in [2.05, 4.69) is 55.4 Å². The van der Waals surface area contributed by atoms with E-state index in [9.17, 15) is 0 Å². The molecule has 1 rings (SSSR count). The Hall–Kier alpha value is -1.24. The maximum atomic E-state index is 2.20. The molecule has 0 spiro atoms. The normalized spacial score (nSPS) is 13.2. The van der Waals surface area contributed by atoms with Crippen molar-refractivity contribution in [3.8, 4) is 0 Å². The fourth-order valence-electron chi connectivity index (χ4n) is 1.33. The van der Waals surface area contributed by atoms with Crippen molar-refractivity contribution in [3.63, 3.8) is 0 Å². The van der Waals surface area contributed by atoms with Gasteiger partial charge >= 0.3 is 0 Å². The lowest BCUT2D eigenvalue weighted by Crippen LogP contribution is -2.15. The Labute approximate surface area is 80.7 Å². The van der Waals surface area contributed by atoms with Crippen LogP contribution in [0.3, 0.4) is 0 Å². The molecule has 0 saturated carbocycles. The second-order valence-corrected chi connectivity index (χ2v) is 3.23. The molecule has 0 heterocycles. The van der Waals surface area contributed by atoms with Gasteiger partial charge in [-0.3, -0.25) is 0 Å². The highest BCUT2D eigenvalue weighted by Crippen LogP contribution is 2.17. The van der Waals surface area contributed by atoms with Gasteiger partial charge in [-0.2, -0.15) is 0 Å². The highest BCUT2D eigenvalue weighted by Gasteiger charge is 2.06. The van der Waals surface area contributed by atoms with E-state index in [0.717, 1.165) is 0 Å². The molecule has 0 N–H and O–H groups in total. The van der Waals surface area contributed by atoms with Gasteiger partial charge in [-0.15, -0.1) is 0 Å². The van der Waals surface area contributed by atoms with Crippen LogP contribution in [0.2, 0.25) is 0 Å². The van der Waals surface area contributed by atoms with Crippen LogP contribution in [0.1, 0.15) is 25.5 Å². The zero-order valence-electron chi connectivity index (χ0n) is 8.57. The third kappa shape index (κ3) is 2.62. The molecular formula is C12H17N. The quantitative estimate of drug-likeness (QED) is 0.681.